The lowest BCUT2D eigenvalue weighted by atomic mass is 10.0. The van der Waals surface area contributed by atoms with Crippen molar-refractivity contribution in [3.8, 4) is 0 Å². The van der Waals surface area contributed by atoms with Crippen LogP contribution >= 0.6 is 0 Å². The molecule has 3 rings (SSSR count). The molecule has 1 aliphatic rings. The molecule has 0 spiro atoms. The van der Waals surface area contributed by atoms with E-state index in [1.807, 2.05) is 41.5 Å². The summed E-state index contributed by atoms with van der Waals surface area (Å²) in [4.78, 5) is 2.35. The predicted molar refractivity (Wildman–Crippen MR) is 153 cm³/mol. The molecular formula is C32H49N. The van der Waals surface area contributed by atoms with Gasteiger partial charge in [0.25, 0.3) is 0 Å². The zero-order valence-corrected chi connectivity index (χ0v) is 23.1. The fraction of sp³-hybridized carbons (Fsp3) is 0.438. The van der Waals surface area contributed by atoms with Crippen LogP contribution < -0.4 is 4.90 Å². The van der Waals surface area contributed by atoms with E-state index in [4.69, 9.17) is 0 Å². The third kappa shape index (κ3) is 9.86. The highest BCUT2D eigenvalue weighted by molar-refractivity contribution is 5.73. The van der Waals surface area contributed by atoms with Crippen molar-refractivity contribution in [3.63, 3.8) is 0 Å². The van der Waals surface area contributed by atoms with Crippen LogP contribution in [0.5, 0.6) is 0 Å². The van der Waals surface area contributed by atoms with E-state index in [1.165, 1.54) is 52.2 Å². The van der Waals surface area contributed by atoms with Crippen molar-refractivity contribution in [2.45, 2.75) is 94.9 Å². The Morgan fingerprint density at radius 1 is 0.818 bits per heavy atom. The Morgan fingerprint density at radius 3 is 2.03 bits per heavy atom. The zero-order chi connectivity index (χ0) is 25.2. The van der Waals surface area contributed by atoms with Gasteiger partial charge in [-0.25, -0.2) is 0 Å². The average Bonchev–Trinajstić information content (AvgIpc) is 3.08. The normalized spacial score (nSPS) is 12.8. The molecule has 1 aliphatic carbocycles. The van der Waals surface area contributed by atoms with Gasteiger partial charge in [-0.2, -0.15) is 0 Å². The third-order valence-corrected chi connectivity index (χ3v) is 5.19. The molecule has 0 radical (unpaired) electrons. The van der Waals surface area contributed by atoms with Gasteiger partial charge < -0.3 is 4.90 Å². The van der Waals surface area contributed by atoms with E-state index < -0.39 is 0 Å². The summed E-state index contributed by atoms with van der Waals surface area (Å²) in [7, 11) is 0. The first kappa shape index (κ1) is 30.5. The molecule has 0 saturated heterocycles. The second kappa shape index (κ2) is 18.0. The quantitative estimate of drug-likeness (QED) is 0.440. The van der Waals surface area contributed by atoms with Crippen molar-refractivity contribution in [2.75, 3.05) is 4.90 Å². The number of aryl methyl sites for hydroxylation is 1. The van der Waals surface area contributed by atoms with Crippen LogP contribution in [0.2, 0.25) is 0 Å². The van der Waals surface area contributed by atoms with Crippen LogP contribution in [0, 0.1) is 6.92 Å². The SMILES string of the molecule is CC.CC.CC.CC/C=C(\C)N(c1ccc(C2=CC=C(C)CCC2)cc1)c1cccc(C)c1. The van der Waals surface area contributed by atoms with Crippen molar-refractivity contribution in [3.05, 3.63) is 89.2 Å². The molecule has 2 aromatic carbocycles. The van der Waals surface area contributed by atoms with Gasteiger partial charge in [-0.3, -0.25) is 0 Å². The number of allylic oxidation sites excluding steroid dienone is 6. The van der Waals surface area contributed by atoms with Gasteiger partial charge in [0.1, 0.15) is 0 Å². The lowest BCUT2D eigenvalue weighted by Crippen LogP contribution is -2.14. The van der Waals surface area contributed by atoms with E-state index in [1.54, 1.807) is 0 Å². The van der Waals surface area contributed by atoms with E-state index >= 15 is 0 Å². The first-order valence-electron chi connectivity index (χ1n) is 13.1. The number of hydrogen-bond acceptors (Lipinski definition) is 1. The topological polar surface area (TPSA) is 3.24 Å². The Kier molecular flexibility index (Phi) is 16.6. The number of rotatable bonds is 5. The van der Waals surface area contributed by atoms with Gasteiger partial charge in [-0.1, -0.05) is 96.5 Å². The van der Waals surface area contributed by atoms with Crippen molar-refractivity contribution in [1.29, 1.82) is 0 Å². The maximum Gasteiger partial charge on any atom is 0.0460 e. The van der Waals surface area contributed by atoms with Gasteiger partial charge in [-0.05, 0) is 87.4 Å². The third-order valence-electron chi connectivity index (χ3n) is 5.19. The van der Waals surface area contributed by atoms with E-state index in [2.05, 4.69) is 99.4 Å². The molecule has 33 heavy (non-hydrogen) atoms. The molecule has 0 fully saturated rings. The fourth-order valence-electron chi connectivity index (χ4n) is 3.74. The van der Waals surface area contributed by atoms with Gasteiger partial charge in [0.2, 0.25) is 0 Å². The minimum Gasteiger partial charge on any atom is -0.315 e. The molecule has 1 heteroatoms. The van der Waals surface area contributed by atoms with Crippen LogP contribution in [0.3, 0.4) is 0 Å². The number of hydrogen-bond donors (Lipinski definition) is 0. The highest BCUT2D eigenvalue weighted by atomic mass is 15.1. The summed E-state index contributed by atoms with van der Waals surface area (Å²) in [5, 5.41) is 0. The number of nitrogens with zero attached hydrogens (tertiary/aromatic N) is 1. The molecule has 0 bridgehead atoms. The summed E-state index contributed by atoms with van der Waals surface area (Å²) < 4.78 is 0. The van der Waals surface area contributed by atoms with Gasteiger partial charge >= 0.3 is 0 Å². The van der Waals surface area contributed by atoms with E-state index in [9.17, 15) is 0 Å². The summed E-state index contributed by atoms with van der Waals surface area (Å²) in [6.07, 6.45) is 11.5. The number of anilines is 2. The summed E-state index contributed by atoms with van der Waals surface area (Å²) >= 11 is 0. The van der Waals surface area contributed by atoms with Crippen LogP contribution in [-0.2, 0) is 0 Å². The van der Waals surface area contributed by atoms with Crippen LogP contribution in [0.4, 0.5) is 11.4 Å². The molecule has 0 saturated carbocycles. The first-order valence-corrected chi connectivity index (χ1v) is 13.1. The predicted octanol–water partition coefficient (Wildman–Crippen LogP) is 11.0. The summed E-state index contributed by atoms with van der Waals surface area (Å²) in [6.45, 7) is 20.8. The lowest BCUT2D eigenvalue weighted by molar-refractivity contribution is 0.850. The van der Waals surface area contributed by atoms with Crippen LogP contribution in [0.15, 0.2) is 78.0 Å². The van der Waals surface area contributed by atoms with Crippen molar-refractivity contribution >= 4 is 16.9 Å². The molecule has 0 unspecified atom stereocenters. The molecule has 0 aromatic heterocycles. The van der Waals surface area contributed by atoms with Gasteiger partial charge in [-0.15, -0.1) is 0 Å². The highest BCUT2D eigenvalue weighted by Crippen LogP contribution is 2.33. The number of benzene rings is 2. The van der Waals surface area contributed by atoms with Crippen LogP contribution in [-0.4, -0.2) is 0 Å². The second-order valence-electron chi connectivity index (χ2n) is 7.53. The Morgan fingerprint density at radius 2 is 1.45 bits per heavy atom. The largest absolute Gasteiger partial charge is 0.315 e. The smallest absolute Gasteiger partial charge is 0.0460 e. The maximum atomic E-state index is 2.35. The van der Waals surface area contributed by atoms with Crippen molar-refractivity contribution in [2.24, 2.45) is 0 Å². The summed E-state index contributed by atoms with van der Waals surface area (Å²) in [6, 6.07) is 17.8. The fourth-order valence-corrected chi connectivity index (χ4v) is 3.74. The maximum absolute atomic E-state index is 2.35. The average molecular weight is 448 g/mol. The summed E-state index contributed by atoms with van der Waals surface area (Å²) in [5.74, 6) is 0. The van der Waals surface area contributed by atoms with Gasteiger partial charge in [0, 0.05) is 17.1 Å². The Labute approximate surface area is 205 Å². The van der Waals surface area contributed by atoms with Crippen molar-refractivity contribution < 1.29 is 0 Å². The Hall–Kier alpha value is -2.54. The Balaban J connectivity index is 0.00000158. The first-order chi connectivity index (χ1) is 16.1. The molecule has 2 aromatic rings. The molecular weight excluding hydrogens is 398 g/mol. The lowest BCUT2D eigenvalue weighted by Gasteiger charge is -2.26. The zero-order valence-electron chi connectivity index (χ0n) is 23.1. The van der Waals surface area contributed by atoms with Gasteiger partial charge in [0.15, 0.2) is 0 Å². The highest BCUT2D eigenvalue weighted by Gasteiger charge is 2.12. The Bertz CT molecular complexity index is 866. The monoisotopic (exact) mass is 447 g/mol. The van der Waals surface area contributed by atoms with Gasteiger partial charge in [0.05, 0.1) is 0 Å². The van der Waals surface area contributed by atoms with Crippen LogP contribution in [0.25, 0.3) is 5.57 Å². The standard InChI is InChI=1S/C26H31N.3C2H6/c1-5-8-22(4)27(26-12-7-10-21(3)19-26)25-17-15-24(16-18-25)23-11-6-9-20(2)13-14-23;3*1-2/h7-8,10,12-19H,5-6,9,11H2,1-4H3;3*1-2H3/b22-8+;;;. The molecule has 0 aliphatic heterocycles. The van der Waals surface area contributed by atoms with Crippen LogP contribution in [0.1, 0.15) is 99.1 Å². The minimum atomic E-state index is 1.03. The molecule has 182 valence electrons. The molecule has 0 amide bonds. The molecule has 1 nitrogen and oxygen atoms in total. The van der Waals surface area contributed by atoms with E-state index in [0.717, 1.165) is 12.8 Å². The van der Waals surface area contributed by atoms with E-state index in [0.29, 0.717) is 0 Å². The molecule has 0 N–H and O–H groups in total. The summed E-state index contributed by atoms with van der Waals surface area (Å²) in [5.41, 5.74) is 9.25. The minimum absolute atomic E-state index is 1.03. The van der Waals surface area contributed by atoms with Crippen molar-refractivity contribution in [1.82, 2.24) is 0 Å². The second-order valence-corrected chi connectivity index (χ2v) is 7.53. The molecule has 0 atom stereocenters. The van der Waals surface area contributed by atoms with E-state index in [-0.39, 0.29) is 0 Å². The molecule has 0 heterocycles.